The van der Waals surface area contributed by atoms with Gasteiger partial charge < -0.3 is 9.64 Å². The monoisotopic (exact) mass is 337 g/mol. The molecule has 5 heteroatoms. The minimum atomic E-state index is 0.0709. The van der Waals surface area contributed by atoms with Crippen molar-refractivity contribution in [2.45, 2.75) is 31.6 Å². The summed E-state index contributed by atoms with van der Waals surface area (Å²) in [6, 6.07) is 7.85. The summed E-state index contributed by atoms with van der Waals surface area (Å²) in [6.07, 6.45) is 4.46. The first-order valence-electron chi connectivity index (χ1n) is 9.43. The molecule has 2 aromatic rings. The first-order valence-corrected chi connectivity index (χ1v) is 9.43. The van der Waals surface area contributed by atoms with Gasteiger partial charge in [-0.05, 0) is 49.7 Å². The minimum Gasteiger partial charge on any atom is -0.381 e. The number of benzene rings is 1. The highest BCUT2D eigenvalue weighted by Gasteiger charge is 2.37. The normalized spacial score (nSPS) is 26.5. The molecule has 0 N–H and O–H groups in total. The average molecular weight is 337 g/mol. The Bertz CT molecular complexity index is 812. The summed E-state index contributed by atoms with van der Waals surface area (Å²) in [5.41, 5.74) is 3.21. The van der Waals surface area contributed by atoms with Crippen LogP contribution in [0.15, 0.2) is 24.3 Å². The van der Waals surface area contributed by atoms with Crippen molar-refractivity contribution in [1.29, 1.82) is 0 Å². The zero-order valence-electron chi connectivity index (χ0n) is 14.4. The van der Waals surface area contributed by atoms with Gasteiger partial charge >= 0.3 is 0 Å². The molecule has 3 heterocycles. The lowest BCUT2D eigenvalue weighted by molar-refractivity contribution is 0.0773. The van der Waals surface area contributed by atoms with E-state index in [4.69, 9.17) is 14.7 Å². The van der Waals surface area contributed by atoms with E-state index >= 15 is 0 Å². The molecule has 5 rings (SSSR count). The van der Waals surface area contributed by atoms with E-state index in [1.807, 2.05) is 29.2 Å². The van der Waals surface area contributed by atoms with Gasteiger partial charge in [0.2, 0.25) is 0 Å². The van der Waals surface area contributed by atoms with Gasteiger partial charge in [0.05, 0.1) is 16.7 Å². The van der Waals surface area contributed by atoms with Crippen molar-refractivity contribution in [2.24, 2.45) is 11.8 Å². The maximum absolute atomic E-state index is 13.2. The van der Waals surface area contributed by atoms with Crippen LogP contribution in [0.5, 0.6) is 0 Å². The van der Waals surface area contributed by atoms with Gasteiger partial charge in [0.25, 0.3) is 5.91 Å². The average Bonchev–Trinajstić information content (AvgIpc) is 3.13. The van der Waals surface area contributed by atoms with Crippen LogP contribution in [0.4, 0.5) is 0 Å². The van der Waals surface area contributed by atoms with Crippen molar-refractivity contribution in [2.75, 3.05) is 26.3 Å². The SMILES string of the molecule is O=C(c1nc2ccccc2nc1C1CC1)N1CCC(C2CCOC2)C1. The van der Waals surface area contributed by atoms with E-state index in [1.54, 1.807) is 0 Å². The third-order valence-electron chi connectivity index (χ3n) is 5.91. The third-order valence-corrected chi connectivity index (χ3v) is 5.91. The number of hydrogen-bond donors (Lipinski definition) is 0. The Morgan fingerprint density at radius 1 is 1.04 bits per heavy atom. The number of carbonyl (C=O) groups excluding carboxylic acids is 1. The van der Waals surface area contributed by atoms with E-state index in [0.717, 1.165) is 68.7 Å². The van der Waals surface area contributed by atoms with Crippen molar-refractivity contribution in [1.82, 2.24) is 14.9 Å². The predicted octanol–water partition coefficient (Wildman–Crippen LogP) is 3.01. The van der Waals surface area contributed by atoms with E-state index < -0.39 is 0 Å². The van der Waals surface area contributed by atoms with Gasteiger partial charge in [-0.1, -0.05) is 12.1 Å². The Hall–Kier alpha value is -2.01. The molecule has 1 saturated carbocycles. The van der Waals surface area contributed by atoms with Gasteiger partial charge in [-0.3, -0.25) is 4.79 Å². The second-order valence-electron chi connectivity index (χ2n) is 7.64. The van der Waals surface area contributed by atoms with E-state index in [9.17, 15) is 4.79 Å². The molecule has 3 aliphatic rings. The molecule has 1 aliphatic carbocycles. The Morgan fingerprint density at radius 2 is 1.84 bits per heavy atom. The second kappa shape index (κ2) is 6.06. The zero-order valence-corrected chi connectivity index (χ0v) is 14.4. The number of para-hydroxylation sites is 2. The smallest absolute Gasteiger partial charge is 0.274 e. The van der Waals surface area contributed by atoms with Gasteiger partial charge in [-0.15, -0.1) is 0 Å². The van der Waals surface area contributed by atoms with Gasteiger partial charge in [0, 0.05) is 32.2 Å². The standard InChI is InChI=1S/C20H23N3O2/c24-20(23-9-7-14(11-23)15-8-10-25-12-15)19-18(13-5-6-13)21-16-3-1-2-4-17(16)22-19/h1-4,13-15H,5-12H2. The molecule has 0 radical (unpaired) electrons. The third kappa shape index (κ3) is 2.80. The Balaban J connectivity index is 1.44. The molecule has 3 fully saturated rings. The molecule has 130 valence electrons. The molecule has 0 bridgehead atoms. The number of rotatable bonds is 3. The van der Waals surface area contributed by atoms with Crippen LogP contribution in [0.1, 0.15) is 47.8 Å². The summed E-state index contributed by atoms with van der Waals surface area (Å²) < 4.78 is 5.53. The Kier molecular flexibility index (Phi) is 3.70. The summed E-state index contributed by atoms with van der Waals surface area (Å²) in [6.45, 7) is 3.40. The van der Waals surface area contributed by atoms with Crippen molar-refractivity contribution in [3.05, 3.63) is 35.7 Å². The summed E-state index contributed by atoms with van der Waals surface area (Å²) in [5.74, 6) is 1.67. The number of fused-ring (bicyclic) bond motifs is 1. The van der Waals surface area contributed by atoms with E-state index in [2.05, 4.69) is 0 Å². The van der Waals surface area contributed by atoms with E-state index in [1.165, 1.54) is 0 Å². The predicted molar refractivity (Wildman–Crippen MR) is 94.4 cm³/mol. The maximum Gasteiger partial charge on any atom is 0.274 e. The molecule has 2 aliphatic heterocycles. The summed E-state index contributed by atoms with van der Waals surface area (Å²) in [7, 11) is 0. The van der Waals surface area contributed by atoms with Crippen LogP contribution in [0.3, 0.4) is 0 Å². The quantitative estimate of drug-likeness (QED) is 0.864. The molecule has 5 nitrogen and oxygen atoms in total. The van der Waals surface area contributed by atoms with Crippen molar-refractivity contribution in [3.8, 4) is 0 Å². The number of ether oxygens (including phenoxy) is 1. The molecule has 25 heavy (non-hydrogen) atoms. The number of carbonyl (C=O) groups is 1. The molecular weight excluding hydrogens is 314 g/mol. The first kappa shape index (κ1) is 15.3. The van der Waals surface area contributed by atoms with Crippen molar-refractivity contribution >= 4 is 16.9 Å². The topological polar surface area (TPSA) is 55.3 Å². The fourth-order valence-electron chi connectivity index (χ4n) is 4.24. The van der Waals surface area contributed by atoms with E-state index in [-0.39, 0.29) is 5.91 Å². The summed E-state index contributed by atoms with van der Waals surface area (Å²) in [5, 5.41) is 0. The van der Waals surface area contributed by atoms with Crippen LogP contribution in [0, 0.1) is 11.8 Å². The molecule has 2 saturated heterocycles. The minimum absolute atomic E-state index is 0.0709. The number of nitrogens with zero attached hydrogens (tertiary/aromatic N) is 3. The van der Waals surface area contributed by atoms with E-state index in [0.29, 0.717) is 23.4 Å². The highest BCUT2D eigenvalue weighted by molar-refractivity contribution is 5.95. The highest BCUT2D eigenvalue weighted by Crippen LogP contribution is 2.41. The zero-order chi connectivity index (χ0) is 16.8. The molecule has 1 amide bonds. The Morgan fingerprint density at radius 3 is 2.56 bits per heavy atom. The molecular formula is C20H23N3O2. The number of hydrogen-bond acceptors (Lipinski definition) is 4. The second-order valence-corrected chi connectivity index (χ2v) is 7.64. The van der Waals surface area contributed by atoms with Gasteiger partial charge in [0.1, 0.15) is 0 Å². The number of amides is 1. The van der Waals surface area contributed by atoms with Gasteiger partial charge in [0.15, 0.2) is 5.69 Å². The first-order chi connectivity index (χ1) is 12.3. The van der Waals surface area contributed by atoms with Crippen molar-refractivity contribution < 1.29 is 9.53 Å². The molecule has 2 atom stereocenters. The van der Waals surface area contributed by atoms with Crippen LogP contribution in [0.25, 0.3) is 11.0 Å². The van der Waals surface area contributed by atoms with Gasteiger partial charge in [-0.25, -0.2) is 9.97 Å². The number of aromatic nitrogens is 2. The lowest BCUT2D eigenvalue weighted by Gasteiger charge is -2.20. The molecule has 2 unspecified atom stereocenters. The van der Waals surface area contributed by atoms with Crippen LogP contribution < -0.4 is 0 Å². The van der Waals surface area contributed by atoms with Crippen molar-refractivity contribution in [3.63, 3.8) is 0 Å². The summed E-state index contributed by atoms with van der Waals surface area (Å²) in [4.78, 5) is 24.7. The summed E-state index contributed by atoms with van der Waals surface area (Å²) >= 11 is 0. The van der Waals surface area contributed by atoms with Crippen LogP contribution in [-0.2, 0) is 4.74 Å². The van der Waals surface area contributed by atoms with Gasteiger partial charge in [-0.2, -0.15) is 0 Å². The lowest BCUT2D eigenvalue weighted by Crippen LogP contribution is -2.31. The molecule has 1 aromatic heterocycles. The molecule has 1 aromatic carbocycles. The largest absolute Gasteiger partial charge is 0.381 e. The fraction of sp³-hybridized carbons (Fsp3) is 0.550. The number of likely N-dealkylation sites (tertiary alicyclic amines) is 1. The highest BCUT2D eigenvalue weighted by atomic mass is 16.5. The maximum atomic E-state index is 13.2. The van der Waals surface area contributed by atoms with Crippen LogP contribution in [0.2, 0.25) is 0 Å². The molecule has 0 spiro atoms. The fourth-order valence-corrected chi connectivity index (χ4v) is 4.24. The van der Waals surface area contributed by atoms with Crippen LogP contribution in [-0.4, -0.2) is 47.1 Å². The lowest BCUT2D eigenvalue weighted by atomic mass is 9.91. The van der Waals surface area contributed by atoms with Crippen LogP contribution >= 0.6 is 0 Å². The Labute approximate surface area is 147 Å².